The molecule has 4 rings (SSSR count). The molecule has 158 valence electrons. The van der Waals surface area contributed by atoms with Crippen LogP contribution in [0.15, 0.2) is 55.1 Å². The van der Waals surface area contributed by atoms with Crippen LogP contribution in [0.1, 0.15) is 28.5 Å². The first-order chi connectivity index (χ1) is 15.0. The third-order valence-corrected chi connectivity index (χ3v) is 5.32. The molecular weight excluding hydrogens is 414 g/mol. The lowest BCUT2D eigenvalue weighted by Gasteiger charge is -2.08. The first-order valence-corrected chi connectivity index (χ1v) is 10.3. The van der Waals surface area contributed by atoms with E-state index < -0.39 is 0 Å². The lowest BCUT2D eigenvalue weighted by atomic mass is 10.1. The monoisotopic (exact) mass is 435 g/mol. The van der Waals surface area contributed by atoms with Crippen LogP contribution in [0.3, 0.4) is 0 Å². The fourth-order valence-corrected chi connectivity index (χ4v) is 3.95. The van der Waals surface area contributed by atoms with Gasteiger partial charge >= 0.3 is 0 Å². The number of hydrogen-bond acceptors (Lipinski definition) is 4. The number of phenols is 1. The molecule has 0 fully saturated rings. The first-order valence-electron chi connectivity index (χ1n) is 9.91. The largest absolute Gasteiger partial charge is 0.503 e. The molecule has 31 heavy (non-hydrogen) atoms. The lowest BCUT2D eigenvalue weighted by Crippen LogP contribution is -2.02. The number of aryl methyl sites for hydroxylation is 1. The number of aromatic hydroxyl groups is 1. The van der Waals surface area contributed by atoms with Crippen LogP contribution < -0.4 is 4.74 Å². The highest BCUT2D eigenvalue weighted by Crippen LogP contribution is 2.35. The van der Waals surface area contributed by atoms with Gasteiger partial charge in [0.05, 0.1) is 33.9 Å². The first kappa shape index (κ1) is 20.8. The Balaban J connectivity index is 1.80. The van der Waals surface area contributed by atoms with Gasteiger partial charge in [0.2, 0.25) is 0 Å². The maximum atomic E-state index is 13.2. The van der Waals surface area contributed by atoms with Crippen molar-refractivity contribution in [3.63, 3.8) is 0 Å². The molecule has 6 nitrogen and oxygen atoms in total. The van der Waals surface area contributed by atoms with Crippen LogP contribution in [-0.2, 0) is 6.54 Å². The zero-order valence-corrected chi connectivity index (χ0v) is 18.1. The second-order valence-corrected chi connectivity index (χ2v) is 7.47. The highest BCUT2D eigenvalue weighted by molar-refractivity contribution is 6.32. The molecule has 2 aromatic heterocycles. The smallest absolute Gasteiger partial charge is 0.191 e. The Kier molecular flexibility index (Phi) is 5.57. The number of carbonyl (C=O) groups is 1. The van der Waals surface area contributed by atoms with E-state index in [0.29, 0.717) is 30.0 Å². The Labute approximate surface area is 184 Å². The van der Waals surface area contributed by atoms with E-state index in [1.54, 1.807) is 28.8 Å². The summed E-state index contributed by atoms with van der Waals surface area (Å²) >= 11 is 6.10. The number of halogens is 1. The third kappa shape index (κ3) is 3.59. The molecule has 0 aliphatic rings. The molecule has 7 heteroatoms. The van der Waals surface area contributed by atoms with Crippen molar-refractivity contribution < 1.29 is 14.6 Å². The second kappa shape index (κ2) is 8.32. The van der Waals surface area contributed by atoms with Crippen molar-refractivity contribution in [2.75, 3.05) is 6.61 Å². The van der Waals surface area contributed by atoms with E-state index in [4.69, 9.17) is 16.3 Å². The Hall–Kier alpha value is -3.51. The minimum absolute atomic E-state index is 0.116. The molecular formula is C24H22ClN3O3. The molecule has 2 heterocycles. The maximum Gasteiger partial charge on any atom is 0.191 e. The van der Waals surface area contributed by atoms with Gasteiger partial charge in [0.1, 0.15) is 5.65 Å². The van der Waals surface area contributed by atoms with Crippen molar-refractivity contribution in [1.82, 2.24) is 14.2 Å². The number of phenolic OH excluding ortho intramolecular Hbond substituents is 1. The minimum atomic E-state index is -0.178. The zero-order valence-electron chi connectivity index (χ0n) is 17.3. The maximum absolute atomic E-state index is 13.2. The quantitative estimate of drug-likeness (QED) is 0.238. The predicted octanol–water partition coefficient (Wildman–Crippen LogP) is 5.44. The number of nitrogens with zero attached hydrogens (tertiary/aromatic N) is 3. The average Bonchev–Trinajstić information content (AvgIpc) is 3.24. The number of para-hydroxylation sites is 2. The van der Waals surface area contributed by atoms with Crippen molar-refractivity contribution in [3.8, 4) is 11.5 Å². The summed E-state index contributed by atoms with van der Waals surface area (Å²) in [5.74, 6) is -0.0183. The Morgan fingerprint density at radius 1 is 1.29 bits per heavy atom. The molecule has 0 bridgehead atoms. The average molecular weight is 436 g/mol. The van der Waals surface area contributed by atoms with Crippen LogP contribution in [0.2, 0.25) is 5.02 Å². The highest BCUT2D eigenvalue weighted by atomic mass is 35.5. The summed E-state index contributed by atoms with van der Waals surface area (Å²) in [7, 11) is 0. The number of allylic oxidation sites excluding steroid dienone is 2. The molecule has 0 saturated heterocycles. The fourth-order valence-electron chi connectivity index (χ4n) is 3.73. The van der Waals surface area contributed by atoms with Crippen molar-refractivity contribution in [2.24, 2.45) is 0 Å². The summed E-state index contributed by atoms with van der Waals surface area (Å²) in [4.78, 5) is 13.2. The number of hydrogen-bond donors (Lipinski definition) is 1. The van der Waals surface area contributed by atoms with E-state index in [2.05, 4.69) is 11.7 Å². The van der Waals surface area contributed by atoms with Gasteiger partial charge in [-0.1, -0.05) is 35.9 Å². The molecule has 0 unspecified atom stereocenters. The predicted molar refractivity (Wildman–Crippen MR) is 123 cm³/mol. The zero-order chi connectivity index (χ0) is 22.1. The fraction of sp³-hybridized carbons (Fsp3) is 0.167. The minimum Gasteiger partial charge on any atom is -0.503 e. The normalized spacial score (nSPS) is 11.6. The van der Waals surface area contributed by atoms with Gasteiger partial charge in [-0.05, 0) is 49.8 Å². The van der Waals surface area contributed by atoms with Gasteiger partial charge in [-0.25, -0.2) is 4.52 Å². The van der Waals surface area contributed by atoms with Crippen molar-refractivity contribution >= 4 is 40.1 Å². The van der Waals surface area contributed by atoms with Crippen molar-refractivity contribution in [1.29, 1.82) is 0 Å². The van der Waals surface area contributed by atoms with Crippen LogP contribution in [0.25, 0.3) is 22.8 Å². The molecule has 0 aliphatic carbocycles. The standard InChI is InChI=1S/C24H22ClN3O3/c1-4-12-27-18-8-6-7-9-19(18)28-24(27)22(15(3)26-28)20(29)11-10-16-13-17(25)23(30)21(14-16)31-5-2/h4,6-11,13-14,30H,1,5,12H2,2-3H3. The van der Waals surface area contributed by atoms with E-state index in [-0.39, 0.29) is 22.3 Å². The number of ketones is 1. The number of fused-ring (bicyclic) bond motifs is 3. The molecule has 0 saturated carbocycles. The number of benzene rings is 2. The van der Waals surface area contributed by atoms with Gasteiger partial charge in [-0.15, -0.1) is 6.58 Å². The van der Waals surface area contributed by atoms with Crippen LogP contribution in [0.4, 0.5) is 0 Å². The van der Waals surface area contributed by atoms with E-state index in [9.17, 15) is 9.90 Å². The van der Waals surface area contributed by atoms with Crippen LogP contribution in [-0.4, -0.2) is 31.7 Å². The Morgan fingerprint density at radius 2 is 2.03 bits per heavy atom. The van der Waals surface area contributed by atoms with Gasteiger partial charge in [0.15, 0.2) is 17.3 Å². The van der Waals surface area contributed by atoms with E-state index in [0.717, 1.165) is 16.7 Å². The third-order valence-electron chi connectivity index (χ3n) is 5.03. The van der Waals surface area contributed by atoms with Gasteiger partial charge < -0.3 is 14.4 Å². The number of rotatable bonds is 7. The lowest BCUT2D eigenvalue weighted by molar-refractivity contribution is 0.104. The molecule has 0 aliphatic heterocycles. The number of aromatic nitrogens is 3. The Morgan fingerprint density at radius 3 is 2.74 bits per heavy atom. The van der Waals surface area contributed by atoms with Crippen molar-refractivity contribution in [3.05, 3.63) is 77.0 Å². The second-order valence-electron chi connectivity index (χ2n) is 7.06. The molecule has 0 spiro atoms. The molecule has 1 N–H and O–H groups in total. The molecule has 0 atom stereocenters. The number of imidazole rings is 1. The van der Waals surface area contributed by atoms with E-state index >= 15 is 0 Å². The summed E-state index contributed by atoms with van der Waals surface area (Å²) < 4.78 is 9.25. The van der Waals surface area contributed by atoms with Gasteiger partial charge in [0.25, 0.3) is 0 Å². The molecule has 0 amide bonds. The van der Waals surface area contributed by atoms with Crippen LogP contribution in [0.5, 0.6) is 11.5 Å². The summed E-state index contributed by atoms with van der Waals surface area (Å²) in [5, 5.41) is 14.8. The summed E-state index contributed by atoms with van der Waals surface area (Å²) in [6, 6.07) is 11.1. The molecule has 4 aromatic rings. The van der Waals surface area contributed by atoms with Crippen LogP contribution in [0, 0.1) is 6.92 Å². The van der Waals surface area contributed by atoms with Gasteiger partial charge in [-0.3, -0.25) is 4.79 Å². The number of carbonyl (C=O) groups excluding carboxylic acids is 1. The van der Waals surface area contributed by atoms with E-state index in [1.165, 1.54) is 6.08 Å². The van der Waals surface area contributed by atoms with Gasteiger partial charge in [-0.2, -0.15) is 5.10 Å². The SMILES string of the molecule is C=CCn1c2ccccc2n2nc(C)c(C(=O)C=Cc3cc(Cl)c(O)c(OCC)c3)c12. The van der Waals surface area contributed by atoms with E-state index in [1.807, 2.05) is 42.7 Å². The highest BCUT2D eigenvalue weighted by Gasteiger charge is 2.22. The van der Waals surface area contributed by atoms with Crippen molar-refractivity contribution in [2.45, 2.75) is 20.4 Å². The summed E-state index contributed by atoms with van der Waals surface area (Å²) in [5.41, 5.74) is 4.46. The van der Waals surface area contributed by atoms with Gasteiger partial charge in [0, 0.05) is 6.54 Å². The molecule has 0 radical (unpaired) electrons. The van der Waals surface area contributed by atoms with Crippen LogP contribution >= 0.6 is 11.6 Å². The summed E-state index contributed by atoms with van der Waals surface area (Å²) in [6.45, 7) is 8.43. The number of ether oxygens (including phenoxy) is 1. The summed E-state index contributed by atoms with van der Waals surface area (Å²) in [6.07, 6.45) is 4.94. The topological polar surface area (TPSA) is 68.8 Å². The molecule has 2 aromatic carbocycles. The Bertz CT molecular complexity index is 1350.